The number of ether oxygens (including phenoxy) is 1. The van der Waals surface area contributed by atoms with Gasteiger partial charge in [0.2, 0.25) is 0 Å². The zero-order valence-electron chi connectivity index (χ0n) is 14.2. The van der Waals surface area contributed by atoms with Crippen LogP contribution in [0.2, 0.25) is 0 Å². The van der Waals surface area contributed by atoms with Crippen LogP contribution in [0.5, 0.6) is 0 Å². The Labute approximate surface area is 157 Å². The van der Waals surface area contributed by atoms with E-state index in [0.29, 0.717) is 10.6 Å². The van der Waals surface area contributed by atoms with Crippen molar-refractivity contribution in [2.45, 2.75) is 24.8 Å². The maximum absolute atomic E-state index is 12.4. The van der Waals surface area contributed by atoms with Gasteiger partial charge in [-0.2, -0.15) is 0 Å². The Morgan fingerprint density at radius 2 is 1.92 bits per heavy atom. The van der Waals surface area contributed by atoms with Crippen LogP contribution in [0, 0.1) is 0 Å². The molecule has 2 amide bonds. The van der Waals surface area contributed by atoms with Gasteiger partial charge in [-0.25, -0.2) is 4.79 Å². The summed E-state index contributed by atoms with van der Waals surface area (Å²) in [5.74, 6) is -1.65. The summed E-state index contributed by atoms with van der Waals surface area (Å²) in [5, 5.41) is 4.42. The summed E-state index contributed by atoms with van der Waals surface area (Å²) in [5.41, 5.74) is 5.57. The lowest BCUT2D eigenvalue weighted by Crippen LogP contribution is -2.30. The average molecular weight is 394 g/mol. The van der Waals surface area contributed by atoms with Crippen LogP contribution in [0.15, 0.2) is 40.6 Å². The van der Waals surface area contributed by atoms with E-state index in [0.717, 1.165) is 11.3 Å². The summed E-state index contributed by atoms with van der Waals surface area (Å²) in [6, 6.07) is 7.89. The topological polar surface area (TPSA) is 116 Å². The zero-order chi connectivity index (χ0) is 19.3. The number of hydrogen-bond acceptors (Lipinski definition) is 6. The standard InChI is InChI=1S/C17H18N2O5S2/c1-3-26(23)13-7-5-4-6-11(13)17(22)24-10(2)15(21)19-16-12(14(18)20)8-9-25-16/h4-10H,3H2,1-2H3,(H2,18,20)(H,19,21). The Bertz CT molecular complexity index is 862. The van der Waals surface area contributed by atoms with E-state index < -0.39 is 34.7 Å². The van der Waals surface area contributed by atoms with Crippen LogP contribution < -0.4 is 11.1 Å². The molecule has 3 N–H and O–H groups in total. The molecule has 0 aliphatic heterocycles. The molecule has 0 saturated carbocycles. The van der Waals surface area contributed by atoms with Crippen LogP contribution in [-0.4, -0.2) is 33.8 Å². The number of thiophene rings is 1. The molecule has 1 heterocycles. The fourth-order valence-corrected chi connectivity index (χ4v) is 3.81. The molecule has 1 aromatic heterocycles. The number of nitrogens with two attached hydrogens (primary N) is 1. The summed E-state index contributed by atoms with van der Waals surface area (Å²) in [7, 11) is -1.33. The summed E-state index contributed by atoms with van der Waals surface area (Å²) in [6.45, 7) is 3.15. The first-order chi connectivity index (χ1) is 12.3. The van der Waals surface area contributed by atoms with Gasteiger partial charge in [0.25, 0.3) is 11.8 Å². The van der Waals surface area contributed by atoms with Gasteiger partial charge in [0.15, 0.2) is 6.10 Å². The highest BCUT2D eigenvalue weighted by Gasteiger charge is 2.23. The lowest BCUT2D eigenvalue weighted by molar-refractivity contribution is -0.123. The molecule has 2 aromatic rings. The third-order valence-electron chi connectivity index (χ3n) is 3.43. The zero-order valence-corrected chi connectivity index (χ0v) is 15.8. The molecule has 138 valence electrons. The third-order valence-corrected chi connectivity index (χ3v) is 5.64. The molecule has 0 bridgehead atoms. The number of nitrogens with one attached hydrogen (secondary N) is 1. The minimum Gasteiger partial charge on any atom is -0.449 e. The Morgan fingerprint density at radius 1 is 1.23 bits per heavy atom. The molecule has 0 spiro atoms. The highest BCUT2D eigenvalue weighted by molar-refractivity contribution is 7.85. The van der Waals surface area contributed by atoms with E-state index in [4.69, 9.17) is 10.5 Å². The van der Waals surface area contributed by atoms with Gasteiger partial charge >= 0.3 is 5.97 Å². The number of carbonyl (C=O) groups excluding carboxylic acids is 3. The molecular weight excluding hydrogens is 376 g/mol. The van der Waals surface area contributed by atoms with Gasteiger partial charge in [0.05, 0.1) is 26.8 Å². The molecule has 7 nitrogen and oxygen atoms in total. The van der Waals surface area contributed by atoms with Crippen molar-refractivity contribution in [3.05, 3.63) is 46.8 Å². The molecule has 0 saturated heterocycles. The van der Waals surface area contributed by atoms with Gasteiger partial charge in [-0.15, -0.1) is 11.3 Å². The molecule has 26 heavy (non-hydrogen) atoms. The highest BCUT2D eigenvalue weighted by Crippen LogP contribution is 2.23. The van der Waals surface area contributed by atoms with Crippen molar-refractivity contribution in [1.29, 1.82) is 0 Å². The van der Waals surface area contributed by atoms with Crippen LogP contribution in [-0.2, 0) is 20.3 Å². The molecule has 0 fully saturated rings. The monoisotopic (exact) mass is 394 g/mol. The number of esters is 1. The number of anilines is 1. The molecule has 0 aliphatic carbocycles. The second-order valence-electron chi connectivity index (χ2n) is 5.19. The van der Waals surface area contributed by atoms with Crippen molar-refractivity contribution in [2.75, 3.05) is 11.1 Å². The number of hydrogen-bond donors (Lipinski definition) is 2. The second-order valence-corrected chi connectivity index (χ2v) is 7.82. The lowest BCUT2D eigenvalue weighted by atomic mass is 10.2. The van der Waals surface area contributed by atoms with Gasteiger partial charge in [0, 0.05) is 5.75 Å². The Kier molecular flexibility index (Phi) is 6.64. The Balaban J connectivity index is 2.10. The predicted octanol–water partition coefficient (Wildman–Crippen LogP) is 2.16. The van der Waals surface area contributed by atoms with Gasteiger partial charge in [-0.3, -0.25) is 13.8 Å². The van der Waals surface area contributed by atoms with Gasteiger partial charge in [0.1, 0.15) is 5.00 Å². The summed E-state index contributed by atoms with van der Waals surface area (Å²) in [6.07, 6.45) is -1.12. The third kappa shape index (κ3) is 4.55. The first-order valence-corrected chi connectivity index (χ1v) is 9.91. The lowest BCUT2D eigenvalue weighted by Gasteiger charge is -2.14. The predicted molar refractivity (Wildman–Crippen MR) is 99.7 cm³/mol. The van der Waals surface area contributed by atoms with E-state index in [9.17, 15) is 18.6 Å². The summed E-state index contributed by atoms with van der Waals surface area (Å²) < 4.78 is 17.2. The van der Waals surface area contributed by atoms with E-state index in [1.54, 1.807) is 30.5 Å². The smallest absolute Gasteiger partial charge is 0.340 e. The Hall–Kier alpha value is -2.52. The molecule has 2 atom stereocenters. The SMILES string of the molecule is CCS(=O)c1ccccc1C(=O)OC(C)C(=O)Nc1sccc1C(N)=O. The number of carbonyl (C=O) groups is 3. The van der Waals surface area contributed by atoms with Crippen molar-refractivity contribution < 1.29 is 23.3 Å². The fourth-order valence-electron chi connectivity index (χ4n) is 2.08. The van der Waals surface area contributed by atoms with Crippen LogP contribution in [0.3, 0.4) is 0 Å². The number of primary amides is 1. The van der Waals surface area contributed by atoms with Crippen LogP contribution >= 0.6 is 11.3 Å². The molecule has 0 radical (unpaired) electrons. The van der Waals surface area contributed by atoms with Crippen LogP contribution in [0.4, 0.5) is 5.00 Å². The van der Waals surface area contributed by atoms with E-state index >= 15 is 0 Å². The van der Waals surface area contributed by atoms with Crippen molar-refractivity contribution in [1.82, 2.24) is 0 Å². The first-order valence-electron chi connectivity index (χ1n) is 7.71. The van der Waals surface area contributed by atoms with E-state index in [-0.39, 0.29) is 16.1 Å². The molecule has 2 unspecified atom stereocenters. The maximum atomic E-state index is 12.4. The molecule has 0 aliphatic rings. The van der Waals surface area contributed by atoms with Crippen molar-refractivity contribution in [3.8, 4) is 0 Å². The van der Waals surface area contributed by atoms with Crippen LogP contribution in [0.25, 0.3) is 0 Å². The van der Waals surface area contributed by atoms with Crippen molar-refractivity contribution >= 4 is 44.9 Å². The number of amides is 2. The highest BCUT2D eigenvalue weighted by atomic mass is 32.2. The van der Waals surface area contributed by atoms with Crippen molar-refractivity contribution in [3.63, 3.8) is 0 Å². The van der Waals surface area contributed by atoms with Crippen LogP contribution in [0.1, 0.15) is 34.6 Å². The maximum Gasteiger partial charge on any atom is 0.340 e. The van der Waals surface area contributed by atoms with E-state index in [1.807, 2.05) is 0 Å². The fraction of sp³-hybridized carbons (Fsp3) is 0.235. The quantitative estimate of drug-likeness (QED) is 0.698. The minimum absolute atomic E-state index is 0.154. The van der Waals surface area contributed by atoms with Gasteiger partial charge in [-0.05, 0) is 30.5 Å². The molecule has 9 heteroatoms. The van der Waals surface area contributed by atoms with E-state index in [1.165, 1.54) is 19.1 Å². The van der Waals surface area contributed by atoms with Gasteiger partial charge in [-0.1, -0.05) is 19.1 Å². The summed E-state index contributed by atoms with van der Waals surface area (Å²) in [4.78, 5) is 36.3. The van der Waals surface area contributed by atoms with Crippen molar-refractivity contribution in [2.24, 2.45) is 5.73 Å². The second kappa shape index (κ2) is 8.72. The molecule has 2 rings (SSSR count). The molecular formula is C17H18N2O5S2. The largest absolute Gasteiger partial charge is 0.449 e. The summed E-state index contributed by atoms with van der Waals surface area (Å²) >= 11 is 1.13. The molecule has 1 aromatic carbocycles. The average Bonchev–Trinajstić information content (AvgIpc) is 3.09. The van der Waals surface area contributed by atoms with E-state index in [2.05, 4.69) is 5.32 Å². The normalized spacial score (nSPS) is 12.8. The number of benzene rings is 1. The van der Waals surface area contributed by atoms with Gasteiger partial charge < -0.3 is 15.8 Å². The first kappa shape index (κ1) is 19.8. The Morgan fingerprint density at radius 3 is 2.58 bits per heavy atom. The number of rotatable bonds is 7. The minimum atomic E-state index is -1.33.